The third-order valence-electron chi connectivity index (χ3n) is 4.81. The molecule has 2 N–H and O–H groups in total. The third kappa shape index (κ3) is 4.25. The van der Waals surface area contributed by atoms with Gasteiger partial charge in [-0.1, -0.05) is 32.0 Å². The van der Waals surface area contributed by atoms with E-state index in [0.29, 0.717) is 18.4 Å². The lowest BCUT2D eigenvalue weighted by Gasteiger charge is -2.23. The monoisotopic (exact) mass is 383 g/mol. The molecule has 4 nitrogen and oxygen atoms in total. The Morgan fingerprint density at radius 3 is 2.60 bits per heavy atom. The van der Waals surface area contributed by atoms with Gasteiger partial charge >= 0.3 is 0 Å². The van der Waals surface area contributed by atoms with Gasteiger partial charge in [-0.05, 0) is 43.9 Å². The van der Waals surface area contributed by atoms with Crippen LogP contribution in [0.3, 0.4) is 0 Å². The van der Waals surface area contributed by atoms with Gasteiger partial charge in [0.1, 0.15) is 0 Å². The highest BCUT2D eigenvalue weighted by atomic mass is 35.5. The molecule has 0 bridgehead atoms. The van der Waals surface area contributed by atoms with E-state index >= 15 is 0 Å². The lowest BCUT2D eigenvalue weighted by Crippen LogP contribution is -2.34. The number of fused-ring (bicyclic) bond motifs is 1. The summed E-state index contributed by atoms with van der Waals surface area (Å²) in [5.74, 6) is 0.805. The number of aromatic nitrogens is 1. The van der Waals surface area contributed by atoms with Crippen LogP contribution in [0, 0.1) is 5.92 Å². The quantitative estimate of drug-likeness (QED) is 0.870. The van der Waals surface area contributed by atoms with Crippen molar-refractivity contribution in [1.29, 1.82) is 0 Å². The number of nitrogens with zero attached hydrogens (tertiary/aromatic N) is 2. The van der Waals surface area contributed by atoms with Gasteiger partial charge in [0.15, 0.2) is 0 Å². The van der Waals surface area contributed by atoms with Gasteiger partial charge in [-0.3, -0.25) is 9.78 Å². The Morgan fingerprint density at radius 1 is 1.32 bits per heavy atom. The second kappa shape index (κ2) is 8.84. The van der Waals surface area contributed by atoms with Crippen molar-refractivity contribution >= 4 is 41.6 Å². The highest BCUT2D eigenvalue weighted by molar-refractivity contribution is 6.06. The van der Waals surface area contributed by atoms with Crippen LogP contribution in [0.2, 0.25) is 0 Å². The number of para-hydroxylation sites is 1. The molecule has 1 aliphatic rings. The third-order valence-corrected chi connectivity index (χ3v) is 4.81. The van der Waals surface area contributed by atoms with E-state index in [1.54, 1.807) is 0 Å². The number of halogens is 2. The van der Waals surface area contributed by atoms with Gasteiger partial charge in [-0.2, -0.15) is 0 Å². The molecule has 6 heteroatoms. The first-order chi connectivity index (χ1) is 11.0. The smallest absolute Gasteiger partial charge is 0.254 e. The molecule has 1 saturated heterocycles. The molecule has 0 spiro atoms. The summed E-state index contributed by atoms with van der Waals surface area (Å²) >= 11 is 0. The number of nitrogens with two attached hydrogens (primary N) is 1. The van der Waals surface area contributed by atoms with Crippen molar-refractivity contribution in [2.45, 2.75) is 39.2 Å². The second-order valence-electron chi connectivity index (χ2n) is 6.91. The van der Waals surface area contributed by atoms with Crippen LogP contribution < -0.4 is 5.73 Å². The highest BCUT2D eigenvalue weighted by Gasteiger charge is 2.33. The first-order valence-corrected chi connectivity index (χ1v) is 8.42. The molecule has 1 aliphatic heterocycles. The van der Waals surface area contributed by atoms with E-state index in [-0.39, 0.29) is 36.8 Å². The number of amides is 1. The average molecular weight is 384 g/mol. The maximum atomic E-state index is 13.2. The van der Waals surface area contributed by atoms with Crippen LogP contribution in [-0.4, -0.2) is 34.9 Å². The Morgan fingerprint density at radius 2 is 2.00 bits per heavy atom. The summed E-state index contributed by atoms with van der Waals surface area (Å²) < 4.78 is 0. The van der Waals surface area contributed by atoms with E-state index in [0.717, 1.165) is 35.1 Å². The molecule has 2 atom stereocenters. The van der Waals surface area contributed by atoms with E-state index in [1.165, 1.54) is 0 Å². The van der Waals surface area contributed by atoms with E-state index in [4.69, 9.17) is 10.7 Å². The molecule has 2 heterocycles. The summed E-state index contributed by atoms with van der Waals surface area (Å²) in [6, 6.07) is 10.1. The Bertz CT molecular complexity index is 736. The van der Waals surface area contributed by atoms with Gasteiger partial charge in [0, 0.05) is 23.7 Å². The Kier molecular flexibility index (Phi) is 7.66. The van der Waals surface area contributed by atoms with Crippen molar-refractivity contribution in [1.82, 2.24) is 9.88 Å². The van der Waals surface area contributed by atoms with Gasteiger partial charge < -0.3 is 10.6 Å². The van der Waals surface area contributed by atoms with Crippen LogP contribution in [0.1, 0.15) is 49.2 Å². The molecular formula is C19H27Cl2N3O. The van der Waals surface area contributed by atoms with E-state index in [2.05, 4.69) is 20.8 Å². The van der Waals surface area contributed by atoms with Gasteiger partial charge in [0.05, 0.1) is 11.1 Å². The molecule has 3 rings (SSSR count). The molecule has 0 saturated carbocycles. The largest absolute Gasteiger partial charge is 0.336 e. The highest BCUT2D eigenvalue weighted by Crippen LogP contribution is 2.28. The standard InChI is InChI=1S/C19H25N3O.2ClH/c1-12(2)18-9-16(15-6-4-5-7-17(15)21-18)19(23)22-11-14(10-20)8-13(22)3;;/h4-7,9,12-14H,8,10-11,20H2,1-3H3;2*1H. The van der Waals surface area contributed by atoms with Crippen molar-refractivity contribution in [3.8, 4) is 0 Å². The molecular weight excluding hydrogens is 357 g/mol. The predicted octanol–water partition coefficient (Wildman–Crippen LogP) is 4.01. The summed E-state index contributed by atoms with van der Waals surface area (Å²) in [5.41, 5.74) is 8.43. The fraction of sp³-hybridized carbons (Fsp3) is 0.474. The van der Waals surface area contributed by atoms with Crippen LogP contribution >= 0.6 is 24.8 Å². The average Bonchev–Trinajstić information content (AvgIpc) is 2.94. The van der Waals surface area contributed by atoms with Crippen molar-refractivity contribution in [2.75, 3.05) is 13.1 Å². The Balaban J connectivity index is 0.00000156. The maximum Gasteiger partial charge on any atom is 0.254 e. The number of likely N-dealkylation sites (tertiary alicyclic amines) is 1. The van der Waals surface area contributed by atoms with Gasteiger partial charge in [0.25, 0.3) is 5.91 Å². The number of hydrogen-bond acceptors (Lipinski definition) is 3. The zero-order valence-corrected chi connectivity index (χ0v) is 16.6. The summed E-state index contributed by atoms with van der Waals surface area (Å²) in [5, 5.41) is 0.935. The lowest BCUT2D eigenvalue weighted by molar-refractivity contribution is 0.0745. The molecule has 1 amide bonds. The fourth-order valence-corrected chi connectivity index (χ4v) is 3.42. The zero-order valence-electron chi connectivity index (χ0n) is 14.9. The number of carbonyl (C=O) groups is 1. The lowest BCUT2D eigenvalue weighted by atomic mass is 10.0. The number of benzene rings is 1. The van der Waals surface area contributed by atoms with Crippen molar-refractivity contribution in [2.24, 2.45) is 11.7 Å². The van der Waals surface area contributed by atoms with Crippen LogP contribution in [-0.2, 0) is 0 Å². The van der Waals surface area contributed by atoms with Crippen molar-refractivity contribution in [3.63, 3.8) is 0 Å². The molecule has 2 unspecified atom stereocenters. The minimum absolute atomic E-state index is 0. The van der Waals surface area contributed by atoms with Gasteiger partial charge in [-0.15, -0.1) is 24.8 Å². The molecule has 1 fully saturated rings. The molecule has 2 aromatic rings. The maximum absolute atomic E-state index is 13.2. The minimum Gasteiger partial charge on any atom is -0.336 e. The number of rotatable bonds is 3. The summed E-state index contributed by atoms with van der Waals surface area (Å²) in [4.78, 5) is 19.8. The van der Waals surface area contributed by atoms with Crippen molar-refractivity contribution < 1.29 is 4.79 Å². The fourth-order valence-electron chi connectivity index (χ4n) is 3.42. The molecule has 25 heavy (non-hydrogen) atoms. The first kappa shape index (κ1) is 21.7. The Hall–Kier alpha value is -1.36. The van der Waals surface area contributed by atoms with E-state index < -0.39 is 0 Å². The number of hydrogen-bond donors (Lipinski definition) is 1. The van der Waals surface area contributed by atoms with Crippen LogP contribution in [0.25, 0.3) is 10.9 Å². The summed E-state index contributed by atoms with van der Waals surface area (Å²) in [6.45, 7) is 7.72. The topological polar surface area (TPSA) is 59.2 Å². The Labute approximate surface area is 162 Å². The van der Waals surface area contributed by atoms with E-state index in [1.807, 2.05) is 35.2 Å². The van der Waals surface area contributed by atoms with Gasteiger partial charge in [-0.25, -0.2) is 0 Å². The minimum atomic E-state index is 0. The molecule has 1 aromatic carbocycles. The second-order valence-corrected chi connectivity index (χ2v) is 6.91. The normalized spacial score (nSPS) is 19.6. The van der Waals surface area contributed by atoms with Crippen molar-refractivity contribution in [3.05, 3.63) is 41.6 Å². The zero-order chi connectivity index (χ0) is 16.6. The van der Waals surface area contributed by atoms with E-state index in [9.17, 15) is 4.79 Å². The van der Waals surface area contributed by atoms with Crippen LogP contribution in [0.5, 0.6) is 0 Å². The molecule has 138 valence electrons. The van der Waals surface area contributed by atoms with Crippen LogP contribution in [0.15, 0.2) is 30.3 Å². The number of carbonyl (C=O) groups excluding carboxylic acids is 1. The van der Waals surface area contributed by atoms with Gasteiger partial charge in [0.2, 0.25) is 0 Å². The number of pyridine rings is 1. The SMILES string of the molecule is CC(C)c1cc(C(=O)N2CC(CN)CC2C)c2ccccc2n1.Cl.Cl. The summed E-state index contributed by atoms with van der Waals surface area (Å²) in [7, 11) is 0. The predicted molar refractivity (Wildman–Crippen MR) is 108 cm³/mol. The van der Waals surface area contributed by atoms with Crippen LogP contribution in [0.4, 0.5) is 0 Å². The molecule has 0 aliphatic carbocycles. The molecule has 0 radical (unpaired) electrons. The molecule has 1 aromatic heterocycles. The summed E-state index contributed by atoms with van der Waals surface area (Å²) in [6.07, 6.45) is 0.988. The first-order valence-electron chi connectivity index (χ1n) is 8.42.